The van der Waals surface area contributed by atoms with E-state index in [4.69, 9.17) is 4.74 Å². The first-order valence-electron chi connectivity index (χ1n) is 6.75. The second kappa shape index (κ2) is 6.53. The minimum atomic E-state index is -0.204. The molecule has 0 saturated carbocycles. The van der Waals surface area contributed by atoms with E-state index >= 15 is 0 Å². The zero-order valence-corrected chi connectivity index (χ0v) is 12.1. The van der Waals surface area contributed by atoms with E-state index in [9.17, 15) is 4.39 Å². The normalized spacial score (nSPS) is 13.8. The number of methoxy groups -OCH3 is 1. The molecule has 2 aromatic rings. The molecule has 2 rings (SSSR count). The van der Waals surface area contributed by atoms with E-state index in [1.807, 2.05) is 36.4 Å². The topological polar surface area (TPSA) is 21.3 Å². The average Bonchev–Trinajstić information content (AvgIpc) is 2.48. The molecule has 1 unspecified atom stereocenters. The van der Waals surface area contributed by atoms with Crippen LogP contribution in [0.4, 0.5) is 4.39 Å². The summed E-state index contributed by atoms with van der Waals surface area (Å²) in [6.45, 7) is 4.19. The summed E-state index contributed by atoms with van der Waals surface area (Å²) in [5.74, 6) is 0.650. The van der Waals surface area contributed by atoms with Crippen molar-refractivity contribution in [2.75, 3.05) is 7.11 Å². The quantitative estimate of drug-likeness (QED) is 0.879. The lowest BCUT2D eigenvalue weighted by Crippen LogP contribution is -2.22. The van der Waals surface area contributed by atoms with Gasteiger partial charge in [0, 0.05) is 12.1 Å². The lowest BCUT2D eigenvalue weighted by atomic mass is 10.0. The number of hydrogen-bond acceptors (Lipinski definition) is 2. The Balaban J connectivity index is 2.02. The van der Waals surface area contributed by atoms with Gasteiger partial charge >= 0.3 is 0 Å². The van der Waals surface area contributed by atoms with Crippen LogP contribution in [-0.2, 0) is 0 Å². The Morgan fingerprint density at radius 3 is 1.75 bits per heavy atom. The predicted octanol–water partition coefficient (Wildman–Crippen LogP) is 4.25. The summed E-state index contributed by atoms with van der Waals surface area (Å²) in [6.07, 6.45) is 0. The maximum absolute atomic E-state index is 12.9. The Hall–Kier alpha value is -1.87. The van der Waals surface area contributed by atoms with Gasteiger partial charge in [-0.1, -0.05) is 24.3 Å². The third-order valence-corrected chi connectivity index (χ3v) is 3.49. The predicted molar refractivity (Wildman–Crippen MR) is 79.4 cm³/mol. The Morgan fingerprint density at radius 2 is 1.30 bits per heavy atom. The second-order valence-electron chi connectivity index (χ2n) is 4.93. The van der Waals surface area contributed by atoms with Gasteiger partial charge in [-0.15, -0.1) is 0 Å². The highest BCUT2D eigenvalue weighted by Gasteiger charge is 2.11. The highest BCUT2D eigenvalue weighted by molar-refractivity contribution is 5.29. The number of hydrogen-bond donors (Lipinski definition) is 1. The molecule has 0 saturated heterocycles. The number of ether oxygens (including phenoxy) is 1. The van der Waals surface area contributed by atoms with Gasteiger partial charge in [0.1, 0.15) is 11.6 Å². The van der Waals surface area contributed by atoms with Crippen LogP contribution in [-0.4, -0.2) is 7.11 Å². The molecular formula is C17H20FNO. The smallest absolute Gasteiger partial charge is 0.123 e. The lowest BCUT2D eigenvalue weighted by molar-refractivity contribution is 0.414. The second-order valence-corrected chi connectivity index (χ2v) is 4.93. The van der Waals surface area contributed by atoms with E-state index in [0.29, 0.717) is 0 Å². The van der Waals surface area contributed by atoms with Gasteiger partial charge in [-0.05, 0) is 49.2 Å². The van der Waals surface area contributed by atoms with Crippen molar-refractivity contribution in [2.24, 2.45) is 0 Å². The number of rotatable bonds is 5. The standard InChI is InChI=1S/C17H20FNO/c1-12(14-4-8-16(18)9-5-14)19-13(2)15-6-10-17(20-3)11-7-15/h4-13,19H,1-3H3/t12-,13?/m0/s1. The Labute approximate surface area is 119 Å². The Bertz CT molecular complexity index is 536. The SMILES string of the molecule is COc1ccc(C(C)N[C@@H](C)c2ccc(F)cc2)cc1. The molecule has 0 aliphatic rings. The fourth-order valence-electron chi connectivity index (χ4n) is 2.21. The maximum atomic E-state index is 12.9. The van der Waals surface area contributed by atoms with Gasteiger partial charge in [0.2, 0.25) is 0 Å². The van der Waals surface area contributed by atoms with Crippen molar-refractivity contribution in [3.05, 3.63) is 65.5 Å². The summed E-state index contributed by atoms with van der Waals surface area (Å²) < 4.78 is 18.1. The van der Waals surface area contributed by atoms with E-state index < -0.39 is 0 Å². The molecule has 0 aromatic heterocycles. The molecule has 3 heteroatoms. The van der Waals surface area contributed by atoms with E-state index in [1.165, 1.54) is 17.7 Å². The highest BCUT2D eigenvalue weighted by Crippen LogP contribution is 2.21. The third-order valence-electron chi connectivity index (χ3n) is 3.49. The van der Waals surface area contributed by atoms with Crippen LogP contribution in [0.15, 0.2) is 48.5 Å². The van der Waals surface area contributed by atoms with Gasteiger partial charge < -0.3 is 10.1 Å². The van der Waals surface area contributed by atoms with Crippen molar-refractivity contribution >= 4 is 0 Å². The molecule has 0 spiro atoms. The third kappa shape index (κ3) is 3.58. The van der Waals surface area contributed by atoms with Gasteiger partial charge in [0.15, 0.2) is 0 Å². The maximum Gasteiger partial charge on any atom is 0.123 e. The zero-order valence-electron chi connectivity index (χ0n) is 12.1. The molecule has 1 N–H and O–H groups in total. The average molecular weight is 273 g/mol. The summed E-state index contributed by atoms with van der Waals surface area (Å²) in [4.78, 5) is 0. The first-order valence-corrected chi connectivity index (χ1v) is 6.75. The van der Waals surface area contributed by atoms with Crippen molar-refractivity contribution in [1.82, 2.24) is 5.32 Å². The molecule has 2 aromatic carbocycles. The van der Waals surface area contributed by atoms with Crippen LogP contribution in [0.25, 0.3) is 0 Å². The monoisotopic (exact) mass is 273 g/mol. The van der Waals surface area contributed by atoms with Gasteiger partial charge in [-0.3, -0.25) is 0 Å². The Morgan fingerprint density at radius 1 is 0.850 bits per heavy atom. The number of benzene rings is 2. The molecule has 0 amide bonds. The molecule has 0 radical (unpaired) electrons. The molecular weight excluding hydrogens is 253 g/mol. The van der Waals surface area contributed by atoms with Crippen molar-refractivity contribution in [2.45, 2.75) is 25.9 Å². The Kier molecular flexibility index (Phi) is 4.74. The van der Waals surface area contributed by atoms with Gasteiger partial charge in [0.25, 0.3) is 0 Å². The van der Waals surface area contributed by atoms with Crippen LogP contribution in [0.1, 0.15) is 37.1 Å². The van der Waals surface area contributed by atoms with Gasteiger partial charge in [0.05, 0.1) is 7.11 Å². The lowest BCUT2D eigenvalue weighted by Gasteiger charge is -2.21. The summed E-state index contributed by atoms with van der Waals surface area (Å²) >= 11 is 0. The molecule has 20 heavy (non-hydrogen) atoms. The zero-order chi connectivity index (χ0) is 14.5. The van der Waals surface area contributed by atoms with Crippen molar-refractivity contribution in [1.29, 1.82) is 0 Å². The fraction of sp³-hybridized carbons (Fsp3) is 0.294. The number of halogens is 1. The van der Waals surface area contributed by atoms with E-state index in [2.05, 4.69) is 19.2 Å². The summed E-state index contributed by atoms with van der Waals surface area (Å²) in [5, 5.41) is 3.51. The van der Waals surface area contributed by atoms with Crippen LogP contribution >= 0.6 is 0 Å². The molecule has 0 aliphatic carbocycles. The van der Waals surface area contributed by atoms with Crippen molar-refractivity contribution in [3.8, 4) is 5.75 Å². The molecule has 0 bridgehead atoms. The molecule has 106 valence electrons. The van der Waals surface area contributed by atoms with E-state index in [-0.39, 0.29) is 17.9 Å². The minimum Gasteiger partial charge on any atom is -0.497 e. The fourth-order valence-corrected chi connectivity index (χ4v) is 2.21. The minimum absolute atomic E-state index is 0.160. The first-order chi connectivity index (χ1) is 9.60. The van der Waals surface area contributed by atoms with Gasteiger partial charge in [-0.2, -0.15) is 0 Å². The van der Waals surface area contributed by atoms with E-state index in [1.54, 1.807) is 7.11 Å². The van der Waals surface area contributed by atoms with Crippen LogP contribution in [0.5, 0.6) is 5.75 Å². The summed E-state index contributed by atoms with van der Waals surface area (Å²) in [6, 6.07) is 15.0. The summed E-state index contributed by atoms with van der Waals surface area (Å²) in [7, 11) is 1.66. The molecule has 0 fully saturated rings. The van der Waals surface area contributed by atoms with Crippen molar-refractivity contribution in [3.63, 3.8) is 0 Å². The highest BCUT2D eigenvalue weighted by atomic mass is 19.1. The molecule has 2 nitrogen and oxygen atoms in total. The van der Waals surface area contributed by atoms with Crippen LogP contribution in [0, 0.1) is 5.82 Å². The van der Waals surface area contributed by atoms with Gasteiger partial charge in [-0.25, -0.2) is 4.39 Å². The summed E-state index contributed by atoms with van der Waals surface area (Å²) in [5.41, 5.74) is 2.27. The molecule has 0 aliphatic heterocycles. The van der Waals surface area contributed by atoms with Crippen LogP contribution < -0.4 is 10.1 Å². The van der Waals surface area contributed by atoms with Crippen molar-refractivity contribution < 1.29 is 9.13 Å². The first kappa shape index (κ1) is 14.5. The van der Waals surface area contributed by atoms with Crippen LogP contribution in [0.3, 0.4) is 0 Å². The number of nitrogens with one attached hydrogen (secondary N) is 1. The van der Waals surface area contributed by atoms with E-state index in [0.717, 1.165) is 11.3 Å². The molecule has 2 atom stereocenters. The largest absolute Gasteiger partial charge is 0.497 e. The molecule has 0 heterocycles. The van der Waals surface area contributed by atoms with Crippen LogP contribution in [0.2, 0.25) is 0 Å².